The minimum Gasteiger partial charge on any atom is -0.383 e. The number of hydrogen-bond acceptors (Lipinski definition) is 7. The van der Waals surface area contributed by atoms with Crippen molar-refractivity contribution in [3.8, 4) is 11.3 Å². The van der Waals surface area contributed by atoms with Crippen LogP contribution < -0.4 is 10.6 Å². The Morgan fingerprint density at radius 1 is 1.18 bits per heavy atom. The lowest BCUT2D eigenvalue weighted by Crippen LogP contribution is -2.35. The topological polar surface area (TPSA) is 89.0 Å². The summed E-state index contributed by atoms with van der Waals surface area (Å²) in [5.41, 5.74) is 5.91. The predicted octanol–water partition coefficient (Wildman–Crippen LogP) is 4.04. The molecule has 3 aromatic heterocycles. The average Bonchev–Trinajstić information content (AvgIpc) is 3.23. The number of nitrogens with zero attached hydrogens (tertiary/aromatic N) is 7. The van der Waals surface area contributed by atoms with Gasteiger partial charge in [-0.25, -0.2) is 15.0 Å². The number of nitrogen functional groups attached to an aromatic ring is 1. The third-order valence-electron chi connectivity index (χ3n) is 5.90. The molecule has 2 N–H and O–H groups in total. The second-order valence-corrected chi connectivity index (χ2v) is 9.36. The standard InChI is InChI=1S/C22H26BrF3N8/c1-32(2)9-10-34-12-16(15-3-6-28-17(11-15)22(24,25)26)31-20(34)14-4-7-33(8-5-14)21-18(23)19(27)29-13-30-21/h3,6,11-14H,4-5,7-10H2,1-2H3,(H2,27,29,30). The van der Waals surface area contributed by atoms with Crippen molar-refractivity contribution in [1.82, 2.24) is 29.4 Å². The van der Waals surface area contributed by atoms with E-state index >= 15 is 0 Å². The molecule has 4 rings (SSSR count). The minimum atomic E-state index is -4.50. The molecule has 3 aromatic rings. The lowest BCUT2D eigenvalue weighted by atomic mass is 9.96. The van der Waals surface area contributed by atoms with Gasteiger partial charge >= 0.3 is 6.18 Å². The molecule has 0 bridgehead atoms. The molecule has 0 amide bonds. The SMILES string of the molecule is CN(C)CCn1cc(-c2ccnc(C(F)(F)F)c2)nc1C1CCN(c2ncnc(N)c2Br)CC1. The number of halogens is 4. The first-order chi connectivity index (χ1) is 16.1. The van der Waals surface area contributed by atoms with Gasteiger partial charge in [0.1, 0.15) is 34.0 Å². The molecule has 1 aliphatic rings. The maximum atomic E-state index is 13.2. The average molecular weight is 539 g/mol. The van der Waals surface area contributed by atoms with Crippen LogP contribution in [0, 0.1) is 0 Å². The second-order valence-electron chi connectivity index (χ2n) is 8.57. The third-order valence-corrected chi connectivity index (χ3v) is 6.66. The molecule has 1 fully saturated rings. The number of aromatic nitrogens is 5. The lowest BCUT2D eigenvalue weighted by molar-refractivity contribution is -0.141. The van der Waals surface area contributed by atoms with Gasteiger partial charge in [-0.2, -0.15) is 13.2 Å². The molecular formula is C22H26BrF3N8. The molecule has 0 spiro atoms. The summed E-state index contributed by atoms with van der Waals surface area (Å²) >= 11 is 3.47. The second kappa shape index (κ2) is 9.87. The van der Waals surface area contributed by atoms with Crippen LogP contribution in [0.15, 0.2) is 35.3 Å². The number of hydrogen-bond donors (Lipinski definition) is 1. The van der Waals surface area contributed by atoms with E-state index < -0.39 is 11.9 Å². The summed E-state index contributed by atoms with van der Waals surface area (Å²) < 4.78 is 42.3. The highest BCUT2D eigenvalue weighted by atomic mass is 79.9. The van der Waals surface area contributed by atoms with E-state index in [1.54, 1.807) is 6.07 Å². The molecule has 182 valence electrons. The molecule has 0 saturated carbocycles. The van der Waals surface area contributed by atoms with Crippen LogP contribution in [0.25, 0.3) is 11.3 Å². The molecule has 0 radical (unpaired) electrons. The summed E-state index contributed by atoms with van der Waals surface area (Å²) in [6, 6.07) is 2.62. The van der Waals surface area contributed by atoms with E-state index in [-0.39, 0.29) is 5.92 Å². The normalized spacial score (nSPS) is 15.3. The Hall–Kier alpha value is -2.73. The minimum absolute atomic E-state index is 0.175. The van der Waals surface area contributed by atoms with Crippen molar-refractivity contribution < 1.29 is 13.2 Å². The highest BCUT2D eigenvalue weighted by Crippen LogP contribution is 2.35. The van der Waals surface area contributed by atoms with Crippen molar-refractivity contribution in [2.24, 2.45) is 0 Å². The Bertz CT molecular complexity index is 1140. The predicted molar refractivity (Wildman–Crippen MR) is 127 cm³/mol. The van der Waals surface area contributed by atoms with Gasteiger partial charge in [-0.1, -0.05) is 0 Å². The zero-order valence-electron chi connectivity index (χ0n) is 18.9. The molecule has 0 unspecified atom stereocenters. The zero-order chi connectivity index (χ0) is 24.5. The molecule has 1 saturated heterocycles. The van der Waals surface area contributed by atoms with Crippen molar-refractivity contribution in [1.29, 1.82) is 0 Å². The van der Waals surface area contributed by atoms with Crippen LogP contribution >= 0.6 is 15.9 Å². The molecule has 0 atom stereocenters. The lowest BCUT2D eigenvalue weighted by Gasteiger charge is -2.33. The van der Waals surface area contributed by atoms with Crippen LogP contribution in [-0.2, 0) is 12.7 Å². The van der Waals surface area contributed by atoms with E-state index in [2.05, 4.69) is 45.2 Å². The highest BCUT2D eigenvalue weighted by Gasteiger charge is 2.33. The van der Waals surface area contributed by atoms with Gasteiger partial charge in [-0.3, -0.25) is 4.98 Å². The van der Waals surface area contributed by atoms with Gasteiger partial charge in [0, 0.05) is 50.1 Å². The molecular weight excluding hydrogens is 513 g/mol. The molecule has 0 aliphatic carbocycles. The van der Waals surface area contributed by atoms with Crippen molar-refractivity contribution in [2.75, 3.05) is 44.4 Å². The van der Waals surface area contributed by atoms with Gasteiger partial charge in [0.2, 0.25) is 0 Å². The van der Waals surface area contributed by atoms with Gasteiger partial charge in [0.15, 0.2) is 0 Å². The molecule has 34 heavy (non-hydrogen) atoms. The number of imidazole rings is 1. The van der Waals surface area contributed by atoms with Crippen LogP contribution in [0.1, 0.15) is 30.3 Å². The monoisotopic (exact) mass is 538 g/mol. The van der Waals surface area contributed by atoms with E-state index in [1.165, 1.54) is 12.5 Å². The fourth-order valence-corrected chi connectivity index (χ4v) is 4.53. The summed E-state index contributed by atoms with van der Waals surface area (Å²) in [7, 11) is 3.97. The zero-order valence-corrected chi connectivity index (χ0v) is 20.5. The van der Waals surface area contributed by atoms with Gasteiger partial charge in [0.05, 0.1) is 5.69 Å². The molecule has 4 heterocycles. The third kappa shape index (κ3) is 5.33. The Balaban J connectivity index is 1.59. The number of alkyl halides is 3. The van der Waals surface area contributed by atoms with Gasteiger partial charge in [-0.05, 0) is 55.0 Å². The van der Waals surface area contributed by atoms with Gasteiger partial charge in [-0.15, -0.1) is 0 Å². The Morgan fingerprint density at radius 3 is 2.59 bits per heavy atom. The smallest absolute Gasteiger partial charge is 0.383 e. The van der Waals surface area contributed by atoms with Crippen molar-refractivity contribution in [3.05, 3.63) is 46.8 Å². The number of nitrogens with two attached hydrogens (primary N) is 1. The fourth-order valence-electron chi connectivity index (χ4n) is 4.07. The molecule has 8 nitrogen and oxygen atoms in total. The van der Waals surface area contributed by atoms with E-state index in [4.69, 9.17) is 10.7 Å². The van der Waals surface area contributed by atoms with Crippen LogP contribution in [0.5, 0.6) is 0 Å². The van der Waals surface area contributed by atoms with Gasteiger partial charge < -0.3 is 20.1 Å². The molecule has 12 heteroatoms. The first-order valence-electron chi connectivity index (χ1n) is 10.9. The van der Waals surface area contributed by atoms with Crippen molar-refractivity contribution in [2.45, 2.75) is 31.5 Å². The van der Waals surface area contributed by atoms with E-state index in [0.29, 0.717) is 28.1 Å². The number of rotatable bonds is 6. The highest BCUT2D eigenvalue weighted by molar-refractivity contribution is 9.10. The number of likely N-dealkylation sites (N-methyl/N-ethyl adjacent to an activating group) is 1. The number of piperidine rings is 1. The van der Waals surface area contributed by atoms with E-state index in [9.17, 15) is 13.2 Å². The summed E-state index contributed by atoms with van der Waals surface area (Å²) in [5.74, 6) is 2.22. The van der Waals surface area contributed by atoms with Gasteiger partial charge in [0.25, 0.3) is 0 Å². The van der Waals surface area contributed by atoms with Crippen LogP contribution in [0.3, 0.4) is 0 Å². The summed E-state index contributed by atoms with van der Waals surface area (Å²) in [5, 5.41) is 0. The first-order valence-corrected chi connectivity index (χ1v) is 11.7. The van der Waals surface area contributed by atoms with E-state index in [0.717, 1.165) is 50.2 Å². The summed E-state index contributed by atoms with van der Waals surface area (Å²) in [6.45, 7) is 2.99. The maximum absolute atomic E-state index is 13.2. The first kappa shape index (κ1) is 24.4. The molecule has 0 aromatic carbocycles. The summed E-state index contributed by atoms with van der Waals surface area (Å²) in [4.78, 5) is 20.9. The van der Waals surface area contributed by atoms with Crippen LogP contribution in [0.2, 0.25) is 0 Å². The van der Waals surface area contributed by atoms with Crippen LogP contribution in [-0.4, -0.2) is 63.1 Å². The Kier molecular flexibility index (Phi) is 7.08. The molecule has 1 aliphatic heterocycles. The number of pyridine rings is 1. The van der Waals surface area contributed by atoms with Crippen molar-refractivity contribution >= 4 is 27.6 Å². The number of anilines is 2. The van der Waals surface area contributed by atoms with Crippen LogP contribution in [0.4, 0.5) is 24.8 Å². The maximum Gasteiger partial charge on any atom is 0.433 e. The van der Waals surface area contributed by atoms with Crippen molar-refractivity contribution in [3.63, 3.8) is 0 Å². The summed E-state index contributed by atoms with van der Waals surface area (Å²) in [6.07, 6.45) is 1.64. The largest absolute Gasteiger partial charge is 0.433 e. The van der Waals surface area contributed by atoms with E-state index in [1.807, 2.05) is 20.3 Å². The Morgan fingerprint density at radius 2 is 1.91 bits per heavy atom. The fraction of sp³-hybridized carbons (Fsp3) is 0.455. The quantitative estimate of drug-likeness (QED) is 0.506. The Labute approximate surface area is 204 Å².